The SMILES string of the molecule is Fc1ncc(I)cc1OCC1C=CCN1. The third-order valence-electron chi connectivity index (χ3n) is 2.06. The van der Waals surface area contributed by atoms with E-state index in [1.54, 1.807) is 6.07 Å². The molecule has 0 bridgehead atoms. The average Bonchev–Trinajstić information content (AvgIpc) is 2.72. The molecule has 2 rings (SSSR count). The van der Waals surface area contributed by atoms with Gasteiger partial charge in [-0.15, -0.1) is 0 Å². The Morgan fingerprint density at radius 3 is 3.27 bits per heavy atom. The van der Waals surface area contributed by atoms with Crippen molar-refractivity contribution in [2.45, 2.75) is 6.04 Å². The highest BCUT2D eigenvalue weighted by molar-refractivity contribution is 14.1. The lowest BCUT2D eigenvalue weighted by molar-refractivity contribution is 0.276. The Kier molecular flexibility index (Phi) is 3.53. The summed E-state index contributed by atoms with van der Waals surface area (Å²) in [6.45, 7) is 1.27. The van der Waals surface area contributed by atoms with Crippen LogP contribution in [0.1, 0.15) is 0 Å². The van der Waals surface area contributed by atoms with Crippen molar-refractivity contribution in [3.8, 4) is 5.75 Å². The summed E-state index contributed by atoms with van der Waals surface area (Å²) in [6.07, 6.45) is 5.51. The molecule has 0 aromatic carbocycles. The first-order valence-electron chi connectivity index (χ1n) is 4.59. The van der Waals surface area contributed by atoms with E-state index in [0.717, 1.165) is 10.1 Å². The van der Waals surface area contributed by atoms with Gasteiger partial charge in [-0.2, -0.15) is 4.39 Å². The van der Waals surface area contributed by atoms with Gasteiger partial charge in [-0.05, 0) is 28.7 Å². The standard InChI is InChI=1S/C10H10FIN2O/c11-10-9(4-7(12)5-14-10)15-6-8-2-1-3-13-8/h1-2,4-5,8,13H,3,6H2. The van der Waals surface area contributed by atoms with Crippen molar-refractivity contribution in [1.82, 2.24) is 10.3 Å². The van der Waals surface area contributed by atoms with Gasteiger partial charge in [-0.1, -0.05) is 12.2 Å². The van der Waals surface area contributed by atoms with Gasteiger partial charge in [0, 0.05) is 16.3 Å². The number of rotatable bonds is 3. The minimum Gasteiger partial charge on any atom is -0.487 e. The Hall–Kier alpha value is -0.690. The number of nitrogens with zero attached hydrogens (tertiary/aromatic N) is 1. The van der Waals surface area contributed by atoms with Gasteiger partial charge in [-0.25, -0.2) is 4.98 Å². The summed E-state index contributed by atoms with van der Waals surface area (Å²) in [6, 6.07) is 1.81. The predicted molar refractivity (Wildman–Crippen MR) is 63.3 cm³/mol. The fraction of sp³-hybridized carbons (Fsp3) is 0.300. The Balaban J connectivity index is 1.97. The molecule has 0 fully saturated rings. The van der Waals surface area contributed by atoms with E-state index in [1.807, 2.05) is 12.2 Å². The third-order valence-corrected chi connectivity index (χ3v) is 2.65. The molecule has 0 aliphatic carbocycles. The van der Waals surface area contributed by atoms with E-state index in [2.05, 4.69) is 32.9 Å². The van der Waals surface area contributed by atoms with Gasteiger partial charge >= 0.3 is 0 Å². The highest BCUT2D eigenvalue weighted by Crippen LogP contribution is 2.17. The van der Waals surface area contributed by atoms with Crippen molar-refractivity contribution >= 4 is 22.6 Å². The van der Waals surface area contributed by atoms with Crippen LogP contribution in [0.2, 0.25) is 0 Å². The van der Waals surface area contributed by atoms with Crippen LogP contribution in [0.5, 0.6) is 5.75 Å². The number of ether oxygens (including phenoxy) is 1. The molecule has 1 N–H and O–H groups in total. The average molecular weight is 320 g/mol. The smallest absolute Gasteiger partial charge is 0.255 e. The van der Waals surface area contributed by atoms with Gasteiger partial charge in [0.05, 0.1) is 6.04 Å². The van der Waals surface area contributed by atoms with Crippen LogP contribution in [-0.4, -0.2) is 24.2 Å². The first-order chi connectivity index (χ1) is 7.25. The van der Waals surface area contributed by atoms with E-state index in [1.165, 1.54) is 6.20 Å². The lowest BCUT2D eigenvalue weighted by Crippen LogP contribution is -2.28. The van der Waals surface area contributed by atoms with Crippen molar-refractivity contribution in [3.63, 3.8) is 0 Å². The normalized spacial score (nSPS) is 19.5. The summed E-state index contributed by atoms with van der Waals surface area (Å²) in [5, 5.41) is 3.18. The van der Waals surface area contributed by atoms with Crippen LogP contribution < -0.4 is 10.1 Å². The number of hydrogen-bond donors (Lipinski definition) is 1. The fourth-order valence-corrected chi connectivity index (χ4v) is 1.74. The molecule has 5 heteroatoms. The van der Waals surface area contributed by atoms with Crippen molar-refractivity contribution in [1.29, 1.82) is 0 Å². The Morgan fingerprint density at radius 2 is 2.53 bits per heavy atom. The first kappa shape index (κ1) is 10.8. The Bertz CT molecular complexity index is 384. The molecule has 1 aromatic heterocycles. The van der Waals surface area contributed by atoms with Crippen LogP contribution in [0.4, 0.5) is 4.39 Å². The maximum absolute atomic E-state index is 13.2. The number of aromatic nitrogens is 1. The summed E-state index contributed by atoms with van der Waals surface area (Å²) >= 11 is 2.07. The van der Waals surface area contributed by atoms with E-state index < -0.39 is 5.95 Å². The zero-order valence-corrected chi connectivity index (χ0v) is 10.1. The Labute approximate surface area is 101 Å². The van der Waals surface area contributed by atoms with Crippen LogP contribution in [0.3, 0.4) is 0 Å². The van der Waals surface area contributed by atoms with Gasteiger partial charge in [0.1, 0.15) is 6.61 Å². The number of pyridine rings is 1. The molecule has 0 radical (unpaired) electrons. The van der Waals surface area contributed by atoms with Crippen molar-refractivity contribution in [3.05, 3.63) is 33.9 Å². The maximum atomic E-state index is 13.2. The second kappa shape index (κ2) is 4.89. The Morgan fingerprint density at radius 1 is 1.67 bits per heavy atom. The van der Waals surface area contributed by atoms with E-state index >= 15 is 0 Å². The quantitative estimate of drug-likeness (QED) is 0.523. The summed E-state index contributed by atoms with van der Waals surface area (Å²) in [4.78, 5) is 3.59. The molecule has 1 unspecified atom stereocenters. The van der Waals surface area contributed by atoms with Crippen LogP contribution in [0.25, 0.3) is 0 Å². The van der Waals surface area contributed by atoms with Crippen LogP contribution in [0, 0.1) is 9.52 Å². The van der Waals surface area contributed by atoms with E-state index in [0.29, 0.717) is 6.61 Å². The summed E-state index contributed by atoms with van der Waals surface area (Å²) in [5.41, 5.74) is 0. The molecule has 0 saturated carbocycles. The monoisotopic (exact) mass is 320 g/mol. The van der Waals surface area contributed by atoms with E-state index in [4.69, 9.17) is 4.74 Å². The summed E-state index contributed by atoms with van der Waals surface area (Å²) in [7, 11) is 0. The molecule has 1 atom stereocenters. The molecular formula is C10H10FIN2O. The van der Waals surface area contributed by atoms with Gasteiger partial charge in [0.15, 0.2) is 5.75 Å². The molecule has 0 amide bonds. The van der Waals surface area contributed by atoms with Crippen molar-refractivity contribution in [2.75, 3.05) is 13.2 Å². The second-order valence-electron chi connectivity index (χ2n) is 3.20. The number of nitrogens with one attached hydrogen (secondary N) is 1. The van der Waals surface area contributed by atoms with Crippen molar-refractivity contribution in [2.24, 2.45) is 0 Å². The molecule has 1 aliphatic heterocycles. The molecule has 15 heavy (non-hydrogen) atoms. The lowest BCUT2D eigenvalue weighted by Gasteiger charge is -2.11. The van der Waals surface area contributed by atoms with Gasteiger partial charge < -0.3 is 10.1 Å². The van der Waals surface area contributed by atoms with Gasteiger partial charge in [0.25, 0.3) is 5.95 Å². The summed E-state index contributed by atoms with van der Waals surface area (Å²) in [5.74, 6) is -0.346. The van der Waals surface area contributed by atoms with Crippen LogP contribution in [-0.2, 0) is 0 Å². The maximum Gasteiger partial charge on any atom is 0.255 e. The fourth-order valence-electron chi connectivity index (χ4n) is 1.32. The molecule has 1 aliphatic rings. The second-order valence-corrected chi connectivity index (χ2v) is 4.44. The van der Waals surface area contributed by atoms with Crippen molar-refractivity contribution < 1.29 is 9.13 Å². The molecule has 0 saturated heterocycles. The molecule has 3 nitrogen and oxygen atoms in total. The van der Waals surface area contributed by atoms with Crippen LogP contribution in [0.15, 0.2) is 24.4 Å². The molecule has 80 valence electrons. The van der Waals surface area contributed by atoms with Crippen LogP contribution >= 0.6 is 22.6 Å². The first-order valence-corrected chi connectivity index (χ1v) is 5.67. The summed E-state index contributed by atoms with van der Waals surface area (Å²) < 4.78 is 19.4. The van der Waals surface area contributed by atoms with E-state index in [9.17, 15) is 4.39 Å². The van der Waals surface area contributed by atoms with Gasteiger partial charge in [0.2, 0.25) is 0 Å². The number of halogens is 2. The third kappa shape index (κ3) is 2.88. The largest absolute Gasteiger partial charge is 0.487 e. The molecule has 1 aromatic rings. The lowest BCUT2D eigenvalue weighted by atomic mass is 10.3. The van der Waals surface area contributed by atoms with E-state index in [-0.39, 0.29) is 11.8 Å². The predicted octanol–water partition coefficient (Wildman–Crippen LogP) is 1.73. The molecule has 2 heterocycles. The molecular weight excluding hydrogens is 310 g/mol. The van der Waals surface area contributed by atoms with Gasteiger partial charge in [-0.3, -0.25) is 0 Å². The zero-order chi connectivity index (χ0) is 10.7. The minimum absolute atomic E-state index is 0.169. The molecule has 0 spiro atoms. The number of hydrogen-bond acceptors (Lipinski definition) is 3. The zero-order valence-electron chi connectivity index (χ0n) is 7.91. The topological polar surface area (TPSA) is 34.1 Å². The minimum atomic E-state index is -0.558. The highest BCUT2D eigenvalue weighted by Gasteiger charge is 2.11. The highest BCUT2D eigenvalue weighted by atomic mass is 127.